The number of aliphatic carboxylic acids is 1. The van der Waals surface area contributed by atoms with Gasteiger partial charge in [-0.1, -0.05) is 31.0 Å². The van der Waals surface area contributed by atoms with Crippen LogP contribution in [0.2, 0.25) is 0 Å². The summed E-state index contributed by atoms with van der Waals surface area (Å²) in [5.41, 5.74) is -3.28. The van der Waals surface area contributed by atoms with E-state index in [1.165, 1.54) is 11.0 Å². The van der Waals surface area contributed by atoms with Crippen LogP contribution in [0.5, 0.6) is 0 Å². The van der Waals surface area contributed by atoms with Crippen LogP contribution in [-0.2, 0) is 21.2 Å². The van der Waals surface area contributed by atoms with Gasteiger partial charge in [0.1, 0.15) is 0 Å². The Balaban J connectivity index is 1.88. The van der Waals surface area contributed by atoms with Gasteiger partial charge in [0.25, 0.3) is 0 Å². The summed E-state index contributed by atoms with van der Waals surface area (Å²) >= 11 is 0. The Morgan fingerprint density at radius 2 is 1.63 bits per heavy atom. The Kier molecular flexibility index (Phi) is 4.96. The molecular formula is C19H22F3NO4. The third-order valence-corrected chi connectivity index (χ3v) is 5.88. The number of carbonyl (C=O) groups is 2. The third-order valence-electron chi connectivity index (χ3n) is 5.88. The predicted molar refractivity (Wildman–Crippen MR) is 90.0 cm³/mol. The van der Waals surface area contributed by atoms with Gasteiger partial charge in [-0.15, -0.1) is 0 Å². The van der Waals surface area contributed by atoms with E-state index in [-0.39, 0.29) is 31.8 Å². The second-order valence-electron chi connectivity index (χ2n) is 7.50. The fraction of sp³-hybridized carbons (Fsp3) is 0.579. The van der Waals surface area contributed by atoms with E-state index < -0.39 is 28.7 Å². The van der Waals surface area contributed by atoms with Gasteiger partial charge in [-0.25, -0.2) is 4.79 Å². The zero-order chi connectivity index (χ0) is 19.9. The Hall–Kier alpha value is -2.09. The first-order chi connectivity index (χ1) is 12.6. The largest absolute Gasteiger partial charge is 0.479 e. The van der Waals surface area contributed by atoms with Gasteiger partial charge < -0.3 is 15.1 Å². The van der Waals surface area contributed by atoms with E-state index in [0.29, 0.717) is 18.4 Å². The summed E-state index contributed by atoms with van der Waals surface area (Å²) in [6.07, 6.45) is -2.25. The van der Waals surface area contributed by atoms with E-state index in [4.69, 9.17) is 5.11 Å². The number of halogens is 3. The van der Waals surface area contributed by atoms with Gasteiger partial charge >= 0.3 is 12.1 Å². The van der Waals surface area contributed by atoms with Crippen LogP contribution >= 0.6 is 0 Å². The molecule has 3 rings (SSSR count). The molecule has 0 bridgehead atoms. The van der Waals surface area contributed by atoms with Crippen molar-refractivity contribution in [2.24, 2.45) is 0 Å². The van der Waals surface area contributed by atoms with Crippen LogP contribution in [-0.4, -0.2) is 45.7 Å². The van der Waals surface area contributed by atoms with Crippen LogP contribution in [0.1, 0.15) is 49.7 Å². The van der Waals surface area contributed by atoms with Crippen molar-refractivity contribution in [1.29, 1.82) is 0 Å². The van der Waals surface area contributed by atoms with Crippen LogP contribution in [0, 0.1) is 0 Å². The first-order valence-corrected chi connectivity index (χ1v) is 9.01. The molecule has 0 aromatic heterocycles. The number of hydrogen-bond acceptors (Lipinski definition) is 3. The van der Waals surface area contributed by atoms with Crippen LogP contribution < -0.4 is 0 Å². The number of alkyl halides is 3. The number of benzene rings is 1. The molecule has 8 heteroatoms. The number of rotatable bonds is 3. The number of likely N-dealkylation sites (tertiary alicyclic amines) is 1. The molecule has 2 aliphatic rings. The molecule has 1 amide bonds. The molecule has 1 aliphatic carbocycles. The first-order valence-electron chi connectivity index (χ1n) is 9.01. The van der Waals surface area contributed by atoms with Crippen LogP contribution in [0.4, 0.5) is 13.2 Å². The van der Waals surface area contributed by atoms with Crippen LogP contribution in [0.25, 0.3) is 0 Å². The third kappa shape index (κ3) is 3.54. The molecule has 1 aliphatic heterocycles. The van der Waals surface area contributed by atoms with E-state index >= 15 is 0 Å². The highest BCUT2D eigenvalue weighted by atomic mass is 19.4. The van der Waals surface area contributed by atoms with Gasteiger partial charge in [-0.3, -0.25) is 4.79 Å². The lowest BCUT2D eigenvalue weighted by molar-refractivity contribution is -0.166. The van der Waals surface area contributed by atoms with Gasteiger partial charge in [0.15, 0.2) is 5.60 Å². The molecule has 1 aromatic rings. The number of carboxylic acid groups (broad SMARTS) is 1. The fourth-order valence-corrected chi connectivity index (χ4v) is 4.19. The predicted octanol–water partition coefficient (Wildman–Crippen LogP) is 2.96. The highest BCUT2D eigenvalue weighted by Crippen LogP contribution is 2.44. The SMILES string of the molecule is O=C(O)C1(O)CCN(C(=O)C2(c3cccc(C(F)(F)F)c3)CCCC2)CC1. The van der Waals surface area contributed by atoms with Crippen molar-refractivity contribution >= 4 is 11.9 Å². The lowest BCUT2D eigenvalue weighted by Gasteiger charge is -2.40. The summed E-state index contributed by atoms with van der Waals surface area (Å²) in [6, 6.07) is 4.94. The highest BCUT2D eigenvalue weighted by Gasteiger charge is 2.48. The molecule has 0 spiro atoms. The zero-order valence-electron chi connectivity index (χ0n) is 14.8. The van der Waals surface area contributed by atoms with Crippen molar-refractivity contribution in [2.75, 3.05) is 13.1 Å². The molecule has 1 saturated heterocycles. The standard InChI is InChI=1S/C19H22F3NO4/c20-19(21,22)14-5-3-4-13(12-14)17(6-1-2-7-17)15(24)23-10-8-18(27,9-11-23)16(25)26/h3-5,12,27H,1-2,6-11H2,(H,25,26). The molecule has 1 saturated carbocycles. The van der Waals surface area contributed by atoms with E-state index in [9.17, 15) is 27.9 Å². The molecule has 1 aromatic carbocycles. The molecular weight excluding hydrogens is 363 g/mol. The van der Waals surface area contributed by atoms with Gasteiger partial charge in [-0.05, 0) is 24.5 Å². The summed E-state index contributed by atoms with van der Waals surface area (Å²) in [5, 5.41) is 19.2. The van der Waals surface area contributed by atoms with Crippen molar-refractivity contribution in [1.82, 2.24) is 4.90 Å². The van der Waals surface area contributed by atoms with E-state index in [0.717, 1.165) is 25.0 Å². The topological polar surface area (TPSA) is 77.8 Å². The number of amides is 1. The van der Waals surface area contributed by atoms with E-state index in [1.54, 1.807) is 6.07 Å². The van der Waals surface area contributed by atoms with Gasteiger partial charge in [0.05, 0.1) is 11.0 Å². The van der Waals surface area contributed by atoms with Crippen molar-refractivity contribution in [3.05, 3.63) is 35.4 Å². The molecule has 0 atom stereocenters. The summed E-state index contributed by atoms with van der Waals surface area (Å²) in [7, 11) is 0. The van der Waals surface area contributed by atoms with Crippen molar-refractivity contribution in [3.8, 4) is 0 Å². The molecule has 5 nitrogen and oxygen atoms in total. The smallest absolute Gasteiger partial charge is 0.416 e. The van der Waals surface area contributed by atoms with Crippen molar-refractivity contribution < 1.29 is 33.0 Å². The molecule has 2 N–H and O–H groups in total. The Morgan fingerprint density at radius 1 is 1.04 bits per heavy atom. The normalized spacial score (nSPS) is 21.9. The van der Waals surface area contributed by atoms with Crippen LogP contribution in [0.3, 0.4) is 0 Å². The zero-order valence-corrected chi connectivity index (χ0v) is 14.8. The lowest BCUT2D eigenvalue weighted by Crippen LogP contribution is -2.54. The molecule has 2 fully saturated rings. The average molecular weight is 385 g/mol. The molecule has 1 heterocycles. The van der Waals surface area contributed by atoms with E-state index in [2.05, 4.69) is 0 Å². The lowest BCUT2D eigenvalue weighted by atomic mass is 9.76. The Morgan fingerprint density at radius 3 is 2.15 bits per heavy atom. The number of hydrogen-bond donors (Lipinski definition) is 2. The quantitative estimate of drug-likeness (QED) is 0.839. The summed E-state index contributed by atoms with van der Waals surface area (Å²) < 4.78 is 39.4. The number of carbonyl (C=O) groups excluding carboxylic acids is 1. The minimum Gasteiger partial charge on any atom is -0.479 e. The average Bonchev–Trinajstić information content (AvgIpc) is 3.12. The monoisotopic (exact) mass is 385 g/mol. The second kappa shape index (κ2) is 6.82. The van der Waals surface area contributed by atoms with Crippen molar-refractivity contribution in [3.63, 3.8) is 0 Å². The number of piperidine rings is 1. The Labute approximate surface area is 154 Å². The molecule has 148 valence electrons. The molecule has 0 radical (unpaired) electrons. The number of carboxylic acids is 1. The number of aliphatic hydroxyl groups is 1. The highest BCUT2D eigenvalue weighted by molar-refractivity contribution is 5.89. The minimum absolute atomic E-state index is 0.0718. The fourth-order valence-electron chi connectivity index (χ4n) is 4.19. The second-order valence-corrected chi connectivity index (χ2v) is 7.50. The van der Waals surface area contributed by atoms with Crippen molar-refractivity contribution in [2.45, 2.75) is 55.7 Å². The minimum atomic E-state index is -4.48. The van der Waals surface area contributed by atoms with Crippen LogP contribution in [0.15, 0.2) is 24.3 Å². The number of nitrogens with zero attached hydrogens (tertiary/aromatic N) is 1. The summed E-state index contributed by atoms with van der Waals surface area (Å²) in [5.74, 6) is -1.59. The summed E-state index contributed by atoms with van der Waals surface area (Å²) in [4.78, 5) is 25.9. The van der Waals surface area contributed by atoms with E-state index in [1.807, 2.05) is 0 Å². The first kappa shape index (κ1) is 19.7. The Bertz CT molecular complexity index is 733. The summed E-state index contributed by atoms with van der Waals surface area (Å²) in [6.45, 7) is 0.144. The maximum atomic E-state index is 13.3. The maximum absolute atomic E-state index is 13.3. The van der Waals surface area contributed by atoms with Gasteiger partial charge in [0.2, 0.25) is 5.91 Å². The molecule has 0 unspecified atom stereocenters. The van der Waals surface area contributed by atoms with Gasteiger partial charge in [-0.2, -0.15) is 13.2 Å². The van der Waals surface area contributed by atoms with Gasteiger partial charge in [0, 0.05) is 25.9 Å². The molecule has 27 heavy (non-hydrogen) atoms. The maximum Gasteiger partial charge on any atom is 0.416 e.